The standard InChI is InChI=1S/C22H44N4O.HI/c1-6-12-26-13-10-18(11-14-26)16-24-21(23-7-2)25-17-19-9-8-15-27-20(19)22(3,4)5;/h18-20H,6-17H2,1-5H3,(H2,23,24,25);1H. The molecule has 2 saturated heterocycles. The molecule has 0 aromatic heterocycles. The Morgan fingerprint density at radius 1 is 1.11 bits per heavy atom. The topological polar surface area (TPSA) is 48.9 Å². The first-order valence-corrected chi connectivity index (χ1v) is 11.3. The van der Waals surface area contributed by atoms with E-state index in [1.807, 2.05) is 0 Å². The third-order valence-corrected chi connectivity index (χ3v) is 5.93. The number of likely N-dealkylation sites (tertiary alicyclic amines) is 1. The highest BCUT2D eigenvalue weighted by Crippen LogP contribution is 2.33. The van der Waals surface area contributed by atoms with Crippen molar-refractivity contribution in [2.45, 2.75) is 72.8 Å². The maximum absolute atomic E-state index is 6.13. The number of halogens is 1. The van der Waals surface area contributed by atoms with Crippen molar-refractivity contribution in [1.29, 1.82) is 0 Å². The minimum absolute atomic E-state index is 0. The summed E-state index contributed by atoms with van der Waals surface area (Å²) in [4.78, 5) is 7.51. The second-order valence-corrected chi connectivity index (χ2v) is 9.45. The molecule has 0 bridgehead atoms. The largest absolute Gasteiger partial charge is 0.377 e. The first-order chi connectivity index (χ1) is 12.9. The summed E-state index contributed by atoms with van der Waals surface area (Å²) in [5, 5.41) is 7.04. The maximum Gasteiger partial charge on any atom is 0.191 e. The van der Waals surface area contributed by atoms with E-state index < -0.39 is 0 Å². The van der Waals surface area contributed by atoms with Crippen LogP contribution >= 0.6 is 24.0 Å². The third-order valence-electron chi connectivity index (χ3n) is 5.93. The molecule has 2 N–H and O–H groups in total. The van der Waals surface area contributed by atoms with Gasteiger partial charge in [0.1, 0.15) is 0 Å². The first-order valence-electron chi connectivity index (χ1n) is 11.3. The molecule has 166 valence electrons. The molecule has 0 saturated carbocycles. The number of aliphatic imine (C=N–C) groups is 1. The molecular weight excluding hydrogens is 463 g/mol. The van der Waals surface area contributed by atoms with E-state index in [0.717, 1.165) is 38.1 Å². The predicted molar refractivity (Wildman–Crippen MR) is 131 cm³/mol. The number of hydrogen-bond acceptors (Lipinski definition) is 3. The average Bonchev–Trinajstić information content (AvgIpc) is 2.65. The number of ether oxygens (including phenoxy) is 1. The smallest absolute Gasteiger partial charge is 0.191 e. The Balaban J connectivity index is 0.00000392. The van der Waals surface area contributed by atoms with Gasteiger partial charge < -0.3 is 20.3 Å². The Morgan fingerprint density at radius 2 is 1.82 bits per heavy atom. The zero-order valence-electron chi connectivity index (χ0n) is 18.9. The molecule has 2 aliphatic rings. The minimum Gasteiger partial charge on any atom is -0.377 e. The van der Waals surface area contributed by atoms with Crippen LogP contribution in [0.2, 0.25) is 0 Å². The second kappa shape index (κ2) is 13.3. The van der Waals surface area contributed by atoms with Gasteiger partial charge in [-0.2, -0.15) is 0 Å². The monoisotopic (exact) mass is 508 g/mol. The molecule has 2 rings (SSSR count). The highest BCUT2D eigenvalue weighted by molar-refractivity contribution is 14.0. The van der Waals surface area contributed by atoms with E-state index in [1.165, 1.54) is 51.7 Å². The summed E-state index contributed by atoms with van der Waals surface area (Å²) in [5.74, 6) is 2.26. The Hall–Kier alpha value is -0.0800. The molecule has 2 aliphatic heterocycles. The lowest BCUT2D eigenvalue weighted by atomic mass is 9.78. The number of hydrogen-bond donors (Lipinski definition) is 2. The van der Waals surface area contributed by atoms with E-state index >= 15 is 0 Å². The van der Waals surface area contributed by atoms with Crippen LogP contribution in [0.5, 0.6) is 0 Å². The zero-order valence-corrected chi connectivity index (χ0v) is 21.3. The van der Waals surface area contributed by atoms with Gasteiger partial charge >= 0.3 is 0 Å². The van der Waals surface area contributed by atoms with Crippen molar-refractivity contribution in [3.8, 4) is 0 Å². The third kappa shape index (κ3) is 8.74. The van der Waals surface area contributed by atoms with Crippen LogP contribution < -0.4 is 10.6 Å². The average molecular weight is 509 g/mol. The van der Waals surface area contributed by atoms with Crippen molar-refractivity contribution in [3.05, 3.63) is 0 Å². The molecule has 28 heavy (non-hydrogen) atoms. The summed E-state index contributed by atoms with van der Waals surface area (Å²) >= 11 is 0. The minimum atomic E-state index is 0. The van der Waals surface area contributed by atoms with Gasteiger partial charge in [-0.25, -0.2) is 0 Å². The second-order valence-electron chi connectivity index (χ2n) is 9.45. The van der Waals surface area contributed by atoms with Crippen LogP contribution in [0, 0.1) is 17.3 Å². The predicted octanol–water partition coefficient (Wildman–Crippen LogP) is 4.12. The van der Waals surface area contributed by atoms with Crippen molar-refractivity contribution in [3.63, 3.8) is 0 Å². The molecule has 5 nitrogen and oxygen atoms in total. The Morgan fingerprint density at radius 3 is 2.43 bits per heavy atom. The van der Waals surface area contributed by atoms with Crippen molar-refractivity contribution in [1.82, 2.24) is 15.5 Å². The molecule has 0 aliphatic carbocycles. The highest BCUT2D eigenvalue weighted by atomic mass is 127. The van der Waals surface area contributed by atoms with Crippen LogP contribution in [0.4, 0.5) is 0 Å². The van der Waals surface area contributed by atoms with E-state index in [-0.39, 0.29) is 29.4 Å². The fourth-order valence-electron chi connectivity index (χ4n) is 4.51. The fourth-order valence-corrected chi connectivity index (χ4v) is 4.51. The molecule has 2 atom stereocenters. The lowest BCUT2D eigenvalue weighted by Gasteiger charge is -2.40. The number of nitrogens with zero attached hydrogens (tertiary/aromatic N) is 2. The van der Waals surface area contributed by atoms with Crippen molar-refractivity contribution in [2.75, 3.05) is 45.9 Å². The van der Waals surface area contributed by atoms with Gasteiger partial charge in [-0.15, -0.1) is 24.0 Å². The molecule has 6 heteroatoms. The summed E-state index contributed by atoms with van der Waals surface area (Å²) in [7, 11) is 0. The maximum atomic E-state index is 6.13. The summed E-state index contributed by atoms with van der Waals surface area (Å²) in [6.45, 7) is 18.7. The lowest BCUT2D eigenvalue weighted by molar-refractivity contribution is -0.0835. The van der Waals surface area contributed by atoms with Gasteiger partial charge in [-0.05, 0) is 70.0 Å². The highest BCUT2D eigenvalue weighted by Gasteiger charge is 2.35. The molecular formula is C22H45IN4O. The number of nitrogens with one attached hydrogen (secondary N) is 2. The Kier molecular flexibility index (Phi) is 12.3. The molecule has 0 radical (unpaired) electrons. The summed E-state index contributed by atoms with van der Waals surface area (Å²) in [6.07, 6.45) is 6.56. The van der Waals surface area contributed by atoms with E-state index in [1.54, 1.807) is 0 Å². The first kappa shape index (κ1) is 26.0. The number of rotatable bonds is 7. The lowest BCUT2D eigenvalue weighted by Crippen LogP contribution is -2.47. The molecule has 2 fully saturated rings. The van der Waals surface area contributed by atoms with Crippen LogP contribution in [0.3, 0.4) is 0 Å². The Bertz CT molecular complexity index is 444. The molecule has 2 heterocycles. The zero-order chi connectivity index (χ0) is 19.7. The van der Waals surface area contributed by atoms with Gasteiger partial charge in [0.05, 0.1) is 6.10 Å². The van der Waals surface area contributed by atoms with E-state index in [9.17, 15) is 0 Å². The van der Waals surface area contributed by atoms with Crippen LogP contribution in [-0.4, -0.2) is 62.8 Å². The quantitative estimate of drug-likeness (QED) is 0.309. The SMILES string of the molecule is CCCN1CCC(CN=C(NCC)NCC2CCCOC2C(C)(C)C)CC1.I. The summed E-state index contributed by atoms with van der Waals surface area (Å²) in [6, 6.07) is 0. The van der Waals surface area contributed by atoms with Crippen molar-refractivity contribution < 1.29 is 4.74 Å². The van der Waals surface area contributed by atoms with E-state index in [0.29, 0.717) is 12.0 Å². The van der Waals surface area contributed by atoms with E-state index in [2.05, 4.69) is 50.2 Å². The van der Waals surface area contributed by atoms with E-state index in [4.69, 9.17) is 9.73 Å². The normalized spacial score (nSPS) is 25.2. The van der Waals surface area contributed by atoms with Gasteiger partial charge in [-0.1, -0.05) is 27.7 Å². The van der Waals surface area contributed by atoms with Crippen LogP contribution in [0.25, 0.3) is 0 Å². The molecule has 0 aromatic carbocycles. The van der Waals surface area contributed by atoms with Gasteiger partial charge in [0.15, 0.2) is 5.96 Å². The van der Waals surface area contributed by atoms with Crippen LogP contribution in [0.1, 0.15) is 66.7 Å². The van der Waals surface area contributed by atoms with Crippen LogP contribution in [0.15, 0.2) is 4.99 Å². The van der Waals surface area contributed by atoms with Gasteiger partial charge in [0.25, 0.3) is 0 Å². The van der Waals surface area contributed by atoms with Gasteiger partial charge in [-0.3, -0.25) is 4.99 Å². The summed E-state index contributed by atoms with van der Waals surface area (Å²) in [5.41, 5.74) is 0.189. The fraction of sp³-hybridized carbons (Fsp3) is 0.955. The number of piperidine rings is 1. The van der Waals surface area contributed by atoms with Crippen molar-refractivity contribution in [2.24, 2.45) is 22.2 Å². The Labute approximate surface area is 190 Å². The van der Waals surface area contributed by atoms with Gasteiger partial charge in [0.2, 0.25) is 0 Å². The van der Waals surface area contributed by atoms with Gasteiger partial charge in [0, 0.05) is 32.2 Å². The van der Waals surface area contributed by atoms with Crippen LogP contribution in [-0.2, 0) is 4.74 Å². The molecule has 0 spiro atoms. The number of guanidine groups is 1. The summed E-state index contributed by atoms with van der Waals surface area (Å²) < 4.78 is 6.13. The molecule has 0 aromatic rings. The molecule has 0 amide bonds. The molecule has 2 unspecified atom stereocenters. The van der Waals surface area contributed by atoms with Crippen molar-refractivity contribution >= 4 is 29.9 Å².